The predicted molar refractivity (Wildman–Crippen MR) is 91.8 cm³/mol. The van der Waals surface area contributed by atoms with Crippen molar-refractivity contribution in [3.05, 3.63) is 54.3 Å². The van der Waals surface area contributed by atoms with Gasteiger partial charge in [-0.2, -0.15) is 0 Å². The Morgan fingerprint density at radius 3 is 2.58 bits per heavy atom. The lowest BCUT2D eigenvalue weighted by Gasteiger charge is -2.23. The van der Waals surface area contributed by atoms with Crippen LogP contribution in [-0.4, -0.2) is 18.0 Å². The number of fused-ring (bicyclic) bond motifs is 1. The molecule has 0 saturated carbocycles. The van der Waals surface area contributed by atoms with E-state index in [1.54, 1.807) is 0 Å². The quantitative estimate of drug-likeness (QED) is 0.768. The fourth-order valence-corrected chi connectivity index (χ4v) is 3.04. The second kappa shape index (κ2) is 6.67. The van der Waals surface area contributed by atoms with Gasteiger partial charge < -0.3 is 19.0 Å². The molecule has 4 nitrogen and oxygen atoms in total. The largest absolute Gasteiger partial charge is 0.465 e. The van der Waals surface area contributed by atoms with Crippen molar-refractivity contribution in [3.63, 3.8) is 0 Å². The van der Waals surface area contributed by atoms with Crippen LogP contribution in [0.25, 0.3) is 22.1 Å². The number of ether oxygens (including phenoxy) is 2. The molecule has 0 amide bonds. The lowest BCUT2D eigenvalue weighted by atomic mass is 10.0. The average molecular weight is 324 g/mol. The number of rotatable bonds is 4. The first kappa shape index (κ1) is 15.2. The molecule has 1 aliphatic rings. The number of benzene rings is 2. The lowest BCUT2D eigenvalue weighted by molar-refractivity contribution is -0.105. The van der Waals surface area contributed by atoms with Gasteiger partial charge in [-0.25, -0.2) is 0 Å². The van der Waals surface area contributed by atoms with Crippen molar-refractivity contribution in [2.45, 2.75) is 32.2 Å². The monoisotopic (exact) mass is 324 g/mol. The summed E-state index contributed by atoms with van der Waals surface area (Å²) in [6.07, 6.45) is 3.10. The Balaban J connectivity index is 1.53. The maximum atomic E-state index is 9.17. The van der Waals surface area contributed by atoms with E-state index in [0.29, 0.717) is 5.76 Å². The summed E-state index contributed by atoms with van der Waals surface area (Å²) in [4.78, 5) is 0. The van der Waals surface area contributed by atoms with Crippen LogP contribution < -0.4 is 4.74 Å². The van der Waals surface area contributed by atoms with E-state index in [0.717, 1.165) is 53.7 Å². The molecule has 1 atom stereocenters. The number of furan rings is 1. The fourth-order valence-electron chi connectivity index (χ4n) is 3.04. The zero-order valence-corrected chi connectivity index (χ0v) is 13.4. The number of hydrogen-bond donors (Lipinski definition) is 1. The number of aliphatic hydroxyl groups is 1. The molecule has 2 aromatic carbocycles. The molecule has 3 aromatic rings. The van der Waals surface area contributed by atoms with Gasteiger partial charge in [-0.15, -0.1) is 0 Å². The summed E-state index contributed by atoms with van der Waals surface area (Å²) in [6, 6.07) is 15.9. The maximum Gasteiger partial charge on any atom is 0.199 e. The first-order valence-electron chi connectivity index (χ1n) is 8.34. The van der Waals surface area contributed by atoms with Crippen molar-refractivity contribution >= 4 is 11.0 Å². The number of aliphatic hydroxyl groups excluding tert-OH is 1. The molecule has 2 heterocycles. The third-order valence-corrected chi connectivity index (χ3v) is 4.32. The van der Waals surface area contributed by atoms with Gasteiger partial charge in [-0.3, -0.25) is 0 Å². The Morgan fingerprint density at radius 1 is 1.00 bits per heavy atom. The molecular weight excluding hydrogens is 304 g/mol. The molecule has 4 rings (SSSR count). The van der Waals surface area contributed by atoms with Crippen molar-refractivity contribution in [2.24, 2.45) is 0 Å². The Morgan fingerprint density at radius 2 is 1.83 bits per heavy atom. The average Bonchev–Trinajstić information content (AvgIpc) is 3.05. The molecule has 1 fully saturated rings. The van der Waals surface area contributed by atoms with Gasteiger partial charge >= 0.3 is 0 Å². The predicted octanol–water partition coefficient (Wildman–Crippen LogP) is 4.50. The van der Waals surface area contributed by atoms with Crippen molar-refractivity contribution in [2.75, 3.05) is 6.61 Å². The molecule has 1 aliphatic heterocycles. The lowest BCUT2D eigenvalue weighted by Crippen LogP contribution is -2.24. The van der Waals surface area contributed by atoms with E-state index >= 15 is 0 Å². The Kier molecular flexibility index (Phi) is 4.24. The summed E-state index contributed by atoms with van der Waals surface area (Å²) < 4.78 is 17.0. The van der Waals surface area contributed by atoms with E-state index < -0.39 is 0 Å². The highest BCUT2D eigenvalue weighted by molar-refractivity contribution is 5.84. The summed E-state index contributed by atoms with van der Waals surface area (Å²) in [6.45, 7) is 0.697. The van der Waals surface area contributed by atoms with Crippen molar-refractivity contribution in [3.8, 4) is 16.9 Å². The highest BCUT2D eigenvalue weighted by atomic mass is 16.7. The second-order valence-electron chi connectivity index (χ2n) is 6.06. The standard InChI is InChI=1S/C20H20O4/c21-13-18-12-16-11-15(6-9-19(16)23-18)14-4-7-17(8-5-14)24-20-3-1-2-10-22-20/h4-9,11-12,20-21H,1-3,10,13H2. The van der Waals surface area contributed by atoms with Crippen molar-refractivity contribution in [1.29, 1.82) is 0 Å². The van der Waals surface area contributed by atoms with E-state index in [-0.39, 0.29) is 12.9 Å². The van der Waals surface area contributed by atoms with Crippen LogP contribution in [0.1, 0.15) is 25.0 Å². The molecule has 1 saturated heterocycles. The van der Waals surface area contributed by atoms with E-state index in [9.17, 15) is 5.11 Å². The minimum atomic E-state index is -0.121. The van der Waals surface area contributed by atoms with E-state index in [1.807, 2.05) is 42.5 Å². The topological polar surface area (TPSA) is 51.8 Å². The minimum Gasteiger partial charge on any atom is -0.465 e. The molecule has 4 heteroatoms. The normalized spacial score (nSPS) is 18.0. The van der Waals surface area contributed by atoms with Crippen LogP contribution in [0.15, 0.2) is 52.9 Å². The van der Waals surface area contributed by atoms with Gasteiger partial charge in [0.2, 0.25) is 0 Å². The zero-order chi connectivity index (χ0) is 16.4. The van der Waals surface area contributed by atoms with E-state index in [2.05, 4.69) is 6.07 Å². The molecule has 0 radical (unpaired) electrons. The second-order valence-corrected chi connectivity index (χ2v) is 6.06. The Bertz CT molecular complexity index is 813. The van der Waals surface area contributed by atoms with Crippen LogP contribution in [0, 0.1) is 0 Å². The summed E-state index contributed by atoms with van der Waals surface area (Å²) in [5.74, 6) is 1.41. The number of hydrogen-bond acceptors (Lipinski definition) is 4. The van der Waals surface area contributed by atoms with Crippen LogP contribution in [0.4, 0.5) is 0 Å². The Hall–Kier alpha value is -2.30. The zero-order valence-electron chi connectivity index (χ0n) is 13.4. The van der Waals surface area contributed by atoms with Gasteiger partial charge in [-0.1, -0.05) is 18.2 Å². The molecule has 24 heavy (non-hydrogen) atoms. The van der Waals surface area contributed by atoms with Crippen LogP contribution in [-0.2, 0) is 11.3 Å². The summed E-state index contributed by atoms with van der Waals surface area (Å²) >= 11 is 0. The first-order chi connectivity index (χ1) is 11.8. The summed E-state index contributed by atoms with van der Waals surface area (Å²) in [5.41, 5.74) is 3.01. The van der Waals surface area contributed by atoms with Gasteiger partial charge in [0.15, 0.2) is 6.29 Å². The third kappa shape index (κ3) is 3.16. The van der Waals surface area contributed by atoms with Crippen molar-refractivity contribution < 1.29 is 19.0 Å². The first-order valence-corrected chi connectivity index (χ1v) is 8.34. The van der Waals surface area contributed by atoms with E-state index in [1.165, 1.54) is 0 Å². The third-order valence-electron chi connectivity index (χ3n) is 4.32. The van der Waals surface area contributed by atoms with E-state index in [4.69, 9.17) is 13.9 Å². The molecular formula is C20H20O4. The van der Waals surface area contributed by atoms with Gasteiger partial charge in [-0.05, 0) is 54.3 Å². The van der Waals surface area contributed by atoms with Gasteiger partial charge in [0.1, 0.15) is 23.7 Å². The molecule has 124 valence electrons. The van der Waals surface area contributed by atoms with Crippen LogP contribution in [0.3, 0.4) is 0 Å². The molecule has 0 bridgehead atoms. The molecule has 0 aliphatic carbocycles. The highest BCUT2D eigenvalue weighted by Crippen LogP contribution is 2.28. The molecule has 0 spiro atoms. The van der Waals surface area contributed by atoms with Gasteiger partial charge in [0.05, 0.1) is 6.61 Å². The van der Waals surface area contributed by atoms with Crippen molar-refractivity contribution in [1.82, 2.24) is 0 Å². The molecule has 1 N–H and O–H groups in total. The fraction of sp³-hybridized carbons (Fsp3) is 0.300. The maximum absolute atomic E-state index is 9.17. The SMILES string of the molecule is OCc1cc2cc(-c3ccc(OC4CCCCO4)cc3)ccc2o1. The summed E-state index contributed by atoms with van der Waals surface area (Å²) in [5, 5.41) is 10.2. The molecule has 1 aromatic heterocycles. The smallest absolute Gasteiger partial charge is 0.199 e. The summed E-state index contributed by atoms with van der Waals surface area (Å²) in [7, 11) is 0. The van der Waals surface area contributed by atoms with Gasteiger partial charge in [0, 0.05) is 11.8 Å². The van der Waals surface area contributed by atoms with Crippen LogP contribution >= 0.6 is 0 Å². The van der Waals surface area contributed by atoms with Gasteiger partial charge in [0.25, 0.3) is 0 Å². The minimum absolute atomic E-state index is 0.0840. The highest BCUT2D eigenvalue weighted by Gasteiger charge is 2.15. The van der Waals surface area contributed by atoms with Crippen LogP contribution in [0.2, 0.25) is 0 Å². The Labute approximate surface area is 140 Å². The molecule has 1 unspecified atom stereocenters. The van der Waals surface area contributed by atoms with Crippen LogP contribution in [0.5, 0.6) is 5.75 Å².